The number of rotatable bonds is 13. The molecule has 2 atom stereocenters. The molecular weight excluding hydrogens is 450 g/mol. The quantitative estimate of drug-likeness (QED) is 0.180. The molecule has 8 nitrogen and oxygen atoms in total. The van der Waals surface area contributed by atoms with E-state index in [1.165, 1.54) is 11.0 Å². The number of nitrogens with zero attached hydrogens (tertiary/aromatic N) is 1. The van der Waals surface area contributed by atoms with E-state index in [1.807, 2.05) is 12.1 Å². The molecule has 2 aromatic carbocycles. The van der Waals surface area contributed by atoms with Gasteiger partial charge in [0.15, 0.2) is 6.79 Å². The minimum atomic E-state index is -0.634. The van der Waals surface area contributed by atoms with Crippen LogP contribution in [0.4, 0.5) is 10.5 Å². The molecule has 0 spiro atoms. The summed E-state index contributed by atoms with van der Waals surface area (Å²) in [5, 5.41) is 0. The molecule has 8 heteroatoms. The second-order valence-corrected chi connectivity index (χ2v) is 7.79. The van der Waals surface area contributed by atoms with Crippen LogP contribution in [0.5, 0.6) is 5.75 Å². The number of ether oxygens (including phenoxy) is 5. The zero-order valence-electron chi connectivity index (χ0n) is 19.9. The molecule has 1 aliphatic rings. The van der Waals surface area contributed by atoms with Gasteiger partial charge < -0.3 is 23.7 Å². The van der Waals surface area contributed by atoms with Gasteiger partial charge in [0.25, 0.3) is 0 Å². The molecule has 35 heavy (non-hydrogen) atoms. The van der Waals surface area contributed by atoms with Crippen LogP contribution in [0.2, 0.25) is 0 Å². The molecule has 0 unspecified atom stereocenters. The Kier molecular flexibility index (Phi) is 9.89. The molecule has 1 heterocycles. The molecule has 0 aromatic heterocycles. The van der Waals surface area contributed by atoms with E-state index >= 15 is 0 Å². The van der Waals surface area contributed by atoms with Crippen LogP contribution in [0.25, 0.3) is 0 Å². The summed E-state index contributed by atoms with van der Waals surface area (Å²) in [6.45, 7) is 8.44. The van der Waals surface area contributed by atoms with E-state index in [-0.39, 0.29) is 13.4 Å². The predicted octanol–water partition coefficient (Wildman–Crippen LogP) is 4.54. The Morgan fingerprint density at radius 1 is 1.11 bits per heavy atom. The zero-order valence-corrected chi connectivity index (χ0v) is 19.9. The molecule has 0 radical (unpaired) electrons. The molecule has 1 amide bonds. The van der Waals surface area contributed by atoms with Crippen LogP contribution in [0, 0.1) is 0 Å². The Balaban J connectivity index is 1.82. The Morgan fingerprint density at radius 3 is 2.63 bits per heavy atom. The minimum absolute atomic E-state index is 0.0628. The first-order valence-electron chi connectivity index (χ1n) is 11.3. The Hall–Kier alpha value is -3.62. The van der Waals surface area contributed by atoms with Gasteiger partial charge in [-0.1, -0.05) is 36.9 Å². The third-order valence-electron chi connectivity index (χ3n) is 5.43. The van der Waals surface area contributed by atoms with E-state index in [4.69, 9.17) is 23.7 Å². The van der Waals surface area contributed by atoms with Gasteiger partial charge >= 0.3 is 12.1 Å². The summed E-state index contributed by atoms with van der Waals surface area (Å²) < 4.78 is 27.2. The van der Waals surface area contributed by atoms with Crippen molar-refractivity contribution in [2.24, 2.45) is 0 Å². The summed E-state index contributed by atoms with van der Waals surface area (Å²) in [5.41, 5.74) is 1.97. The Bertz CT molecular complexity index is 1010. The fourth-order valence-electron chi connectivity index (χ4n) is 3.82. The molecule has 0 bridgehead atoms. The number of benzene rings is 2. The van der Waals surface area contributed by atoms with Crippen LogP contribution in [-0.4, -0.2) is 57.9 Å². The summed E-state index contributed by atoms with van der Waals surface area (Å²) >= 11 is 0. The van der Waals surface area contributed by atoms with Crippen molar-refractivity contribution >= 4 is 17.7 Å². The van der Waals surface area contributed by atoms with Crippen LogP contribution >= 0.6 is 0 Å². The number of esters is 1. The van der Waals surface area contributed by atoms with Crippen LogP contribution < -0.4 is 9.64 Å². The first-order valence-corrected chi connectivity index (χ1v) is 11.3. The number of amides is 1. The van der Waals surface area contributed by atoms with Crippen molar-refractivity contribution in [1.29, 1.82) is 0 Å². The monoisotopic (exact) mass is 481 g/mol. The van der Waals surface area contributed by atoms with Gasteiger partial charge in [-0.2, -0.15) is 0 Å². The summed E-state index contributed by atoms with van der Waals surface area (Å²) in [6.07, 6.45) is 2.80. The van der Waals surface area contributed by atoms with Gasteiger partial charge in [-0.25, -0.2) is 9.59 Å². The third-order valence-corrected chi connectivity index (χ3v) is 5.43. The lowest BCUT2D eigenvalue weighted by Gasteiger charge is -2.30. The summed E-state index contributed by atoms with van der Waals surface area (Å²) in [4.78, 5) is 27.4. The molecular formula is C27H31NO7. The van der Waals surface area contributed by atoms with Crippen molar-refractivity contribution in [3.63, 3.8) is 0 Å². The number of fused-ring (bicyclic) bond motifs is 1. The highest BCUT2D eigenvalue weighted by Crippen LogP contribution is 2.38. The number of carbonyl (C=O) groups is 2. The van der Waals surface area contributed by atoms with Gasteiger partial charge in [-0.3, -0.25) is 4.90 Å². The normalized spacial score (nSPS) is 15.1. The average molecular weight is 482 g/mol. The highest BCUT2D eigenvalue weighted by atomic mass is 16.7. The van der Waals surface area contributed by atoms with Crippen LogP contribution in [0.3, 0.4) is 0 Å². The van der Waals surface area contributed by atoms with E-state index < -0.39 is 24.2 Å². The van der Waals surface area contributed by atoms with E-state index in [2.05, 4.69) is 13.2 Å². The maximum absolute atomic E-state index is 13.0. The first kappa shape index (κ1) is 26.0. The largest absolute Gasteiger partial charge is 0.468 e. The lowest BCUT2D eigenvalue weighted by molar-refractivity contribution is -0.00849. The second kappa shape index (κ2) is 13.3. The van der Waals surface area contributed by atoms with Crippen molar-refractivity contribution in [1.82, 2.24) is 0 Å². The minimum Gasteiger partial charge on any atom is -0.468 e. The van der Waals surface area contributed by atoms with Gasteiger partial charge in [0.1, 0.15) is 18.5 Å². The summed E-state index contributed by atoms with van der Waals surface area (Å²) in [5.74, 6) is 0.132. The number of carbonyl (C=O) groups excluding carboxylic acids is 2. The Labute approximate surface area is 205 Å². The van der Waals surface area contributed by atoms with Crippen molar-refractivity contribution in [3.8, 4) is 5.75 Å². The maximum atomic E-state index is 13.0. The lowest BCUT2D eigenvalue weighted by Crippen LogP contribution is -2.47. The van der Waals surface area contributed by atoms with E-state index in [9.17, 15) is 9.59 Å². The molecule has 0 aliphatic carbocycles. The van der Waals surface area contributed by atoms with Crippen LogP contribution in [-0.2, 0) is 25.4 Å². The molecule has 0 N–H and O–H groups in total. The molecule has 2 aromatic rings. The third kappa shape index (κ3) is 6.94. The number of anilines is 1. The fourth-order valence-corrected chi connectivity index (χ4v) is 3.82. The van der Waals surface area contributed by atoms with Crippen molar-refractivity contribution in [2.45, 2.75) is 25.0 Å². The standard InChI is InChI=1S/C27H31NO7/c1-4-9-25(35-26(29)20-10-7-6-8-11-20)24-18-21-17-22(34-19-32-16-15-31-3)12-13-23(21)28(24)27(30)33-14-5-2/h4-8,10-13,17,24-25H,1-2,9,14-16,18-19H2,3H3/t24-,25+/m0/s1. The van der Waals surface area contributed by atoms with Gasteiger partial charge in [0.05, 0.1) is 30.5 Å². The van der Waals surface area contributed by atoms with Crippen LogP contribution in [0.1, 0.15) is 22.3 Å². The van der Waals surface area contributed by atoms with Gasteiger partial charge in [-0.15, -0.1) is 6.58 Å². The summed E-state index contributed by atoms with van der Waals surface area (Å²) in [7, 11) is 1.60. The van der Waals surface area contributed by atoms with Crippen LogP contribution in [0.15, 0.2) is 73.8 Å². The second-order valence-electron chi connectivity index (χ2n) is 7.79. The molecule has 1 aliphatic heterocycles. The van der Waals surface area contributed by atoms with Gasteiger partial charge in [0, 0.05) is 13.5 Å². The van der Waals surface area contributed by atoms with Gasteiger partial charge in [0.2, 0.25) is 0 Å². The highest BCUT2D eigenvalue weighted by molar-refractivity contribution is 5.92. The number of hydrogen-bond acceptors (Lipinski definition) is 7. The van der Waals surface area contributed by atoms with E-state index in [1.54, 1.807) is 49.6 Å². The molecule has 3 rings (SSSR count). The number of hydrogen-bond donors (Lipinski definition) is 0. The first-order chi connectivity index (χ1) is 17.1. The zero-order chi connectivity index (χ0) is 25.0. The number of methoxy groups -OCH3 is 1. The lowest BCUT2D eigenvalue weighted by atomic mass is 10.0. The maximum Gasteiger partial charge on any atom is 0.415 e. The Morgan fingerprint density at radius 2 is 1.91 bits per heavy atom. The van der Waals surface area contributed by atoms with E-state index in [0.29, 0.717) is 43.1 Å². The molecule has 186 valence electrons. The SMILES string of the molecule is C=CCOC(=O)N1c2ccc(OCOCCOC)cc2C[C@H]1[C@@H](CC=C)OC(=O)c1ccccc1. The van der Waals surface area contributed by atoms with Gasteiger partial charge in [-0.05, 0) is 42.3 Å². The summed E-state index contributed by atoms with van der Waals surface area (Å²) in [6, 6.07) is 13.6. The fraction of sp³-hybridized carbons (Fsp3) is 0.333. The molecule has 0 fully saturated rings. The predicted molar refractivity (Wildman–Crippen MR) is 132 cm³/mol. The smallest absolute Gasteiger partial charge is 0.415 e. The topological polar surface area (TPSA) is 83.5 Å². The van der Waals surface area contributed by atoms with Crippen molar-refractivity contribution in [2.75, 3.05) is 38.6 Å². The highest BCUT2D eigenvalue weighted by Gasteiger charge is 2.41. The molecule has 0 saturated carbocycles. The average Bonchev–Trinajstić information content (AvgIpc) is 3.26. The van der Waals surface area contributed by atoms with E-state index in [0.717, 1.165) is 5.56 Å². The molecule has 0 saturated heterocycles. The van der Waals surface area contributed by atoms with Crippen molar-refractivity contribution in [3.05, 3.63) is 85.0 Å². The van der Waals surface area contributed by atoms with Crippen molar-refractivity contribution < 1.29 is 33.3 Å².